The highest BCUT2D eigenvalue weighted by molar-refractivity contribution is 5.59. The van der Waals surface area contributed by atoms with Gasteiger partial charge >= 0.3 is 0 Å². The van der Waals surface area contributed by atoms with Crippen LogP contribution in [0, 0.1) is 6.92 Å². The van der Waals surface area contributed by atoms with Crippen LogP contribution in [0.1, 0.15) is 50.4 Å². The fourth-order valence-corrected chi connectivity index (χ4v) is 2.37. The van der Waals surface area contributed by atoms with Gasteiger partial charge in [0.05, 0.1) is 0 Å². The summed E-state index contributed by atoms with van der Waals surface area (Å²) < 4.78 is 0. The minimum absolute atomic E-state index is 0.218. The van der Waals surface area contributed by atoms with Gasteiger partial charge in [-0.05, 0) is 40.0 Å². The first-order valence-corrected chi connectivity index (χ1v) is 7.69. The number of aliphatic hydroxyl groups excluding tert-OH is 1. The summed E-state index contributed by atoms with van der Waals surface area (Å²) in [6.45, 7) is 9.10. The van der Waals surface area contributed by atoms with Gasteiger partial charge in [0, 0.05) is 37.7 Å². The third kappa shape index (κ3) is 3.39. The average Bonchev–Trinajstić information content (AvgIpc) is 3.28. The Hall–Kier alpha value is -1.36. The second kappa shape index (κ2) is 6.88. The van der Waals surface area contributed by atoms with E-state index in [2.05, 4.69) is 36.0 Å². The Morgan fingerprint density at radius 2 is 2.05 bits per heavy atom. The quantitative estimate of drug-likeness (QED) is 0.764. The van der Waals surface area contributed by atoms with Gasteiger partial charge in [-0.3, -0.25) is 0 Å². The number of hydrogen-bond donors (Lipinski definition) is 2. The molecule has 0 aromatic carbocycles. The zero-order valence-corrected chi connectivity index (χ0v) is 12.8. The minimum atomic E-state index is 0.218. The molecule has 0 bridgehead atoms. The normalized spacial score (nSPS) is 14.4. The molecule has 0 aliphatic heterocycles. The first kappa shape index (κ1) is 15.0. The SMILES string of the molecule is CCNc1nc(C2CC2)nc(N(CC)CCCO)c1C. The van der Waals surface area contributed by atoms with Crippen molar-refractivity contribution in [1.82, 2.24) is 9.97 Å². The van der Waals surface area contributed by atoms with Gasteiger partial charge in [-0.1, -0.05) is 0 Å². The molecule has 2 N–H and O–H groups in total. The molecule has 0 atom stereocenters. The van der Waals surface area contributed by atoms with Gasteiger partial charge in [0.1, 0.15) is 17.5 Å². The zero-order valence-electron chi connectivity index (χ0n) is 12.8. The van der Waals surface area contributed by atoms with Gasteiger partial charge in [0.15, 0.2) is 0 Å². The molecule has 0 saturated heterocycles. The van der Waals surface area contributed by atoms with Gasteiger partial charge < -0.3 is 15.3 Å². The Balaban J connectivity index is 2.32. The summed E-state index contributed by atoms with van der Waals surface area (Å²) >= 11 is 0. The summed E-state index contributed by atoms with van der Waals surface area (Å²) in [5.41, 5.74) is 1.11. The molecule has 1 aliphatic rings. The lowest BCUT2D eigenvalue weighted by atomic mass is 10.2. The van der Waals surface area contributed by atoms with Crippen molar-refractivity contribution in [1.29, 1.82) is 0 Å². The van der Waals surface area contributed by atoms with Crippen molar-refractivity contribution in [3.8, 4) is 0 Å². The zero-order chi connectivity index (χ0) is 14.5. The first-order valence-electron chi connectivity index (χ1n) is 7.69. The highest BCUT2D eigenvalue weighted by Crippen LogP contribution is 2.40. The van der Waals surface area contributed by atoms with Crippen LogP contribution >= 0.6 is 0 Å². The van der Waals surface area contributed by atoms with Gasteiger partial charge in [0.2, 0.25) is 0 Å². The standard InChI is InChI=1S/C15H26N4O/c1-4-16-13-11(3)15(19(5-2)9-6-10-20)18-14(17-13)12-7-8-12/h12,20H,4-10H2,1-3H3,(H,16,17,18). The number of nitrogens with zero attached hydrogens (tertiary/aromatic N) is 3. The van der Waals surface area contributed by atoms with Crippen LogP contribution in [-0.2, 0) is 0 Å². The third-order valence-electron chi connectivity index (χ3n) is 3.69. The molecular weight excluding hydrogens is 252 g/mol. The molecule has 1 heterocycles. The topological polar surface area (TPSA) is 61.3 Å². The maximum absolute atomic E-state index is 9.05. The van der Waals surface area contributed by atoms with Crippen LogP contribution in [-0.4, -0.2) is 41.3 Å². The van der Waals surface area contributed by atoms with E-state index in [9.17, 15) is 0 Å². The maximum Gasteiger partial charge on any atom is 0.137 e. The Kier molecular flexibility index (Phi) is 5.17. The second-order valence-electron chi connectivity index (χ2n) is 5.34. The highest BCUT2D eigenvalue weighted by Gasteiger charge is 2.28. The molecule has 112 valence electrons. The predicted molar refractivity (Wildman–Crippen MR) is 82.5 cm³/mol. The summed E-state index contributed by atoms with van der Waals surface area (Å²) in [5.74, 6) is 3.50. The van der Waals surface area contributed by atoms with Crippen molar-refractivity contribution < 1.29 is 5.11 Å². The van der Waals surface area contributed by atoms with Crippen LogP contribution in [0.5, 0.6) is 0 Å². The minimum Gasteiger partial charge on any atom is -0.396 e. The maximum atomic E-state index is 9.05. The lowest BCUT2D eigenvalue weighted by Crippen LogP contribution is -2.27. The highest BCUT2D eigenvalue weighted by atomic mass is 16.3. The Morgan fingerprint density at radius 3 is 2.60 bits per heavy atom. The van der Waals surface area contributed by atoms with Crippen molar-refractivity contribution >= 4 is 11.6 Å². The molecule has 1 fully saturated rings. The Bertz CT molecular complexity index is 446. The van der Waals surface area contributed by atoms with Crippen LogP contribution in [0.4, 0.5) is 11.6 Å². The average molecular weight is 278 g/mol. The van der Waals surface area contributed by atoms with Crippen LogP contribution in [0.15, 0.2) is 0 Å². The van der Waals surface area contributed by atoms with Crippen molar-refractivity contribution in [2.75, 3.05) is 36.5 Å². The number of aromatic nitrogens is 2. The molecule has 0 amide bonds. The van der Waals surface area contributed by atoms with E-state index in [0.29, 0.717) is 5.92 Å². The van der Waals surface area contributed by atoms with Crippen molar-refractivity contribution in [3.05, 3.63) is 11.4 Å². The van der Waals surface area contributed by atoms with E-state index >= 15 is 0 Å². The van der Waals surface area contributed by atoms with Crippen LogP contribution in [0.3, 0.4) is 0 Å². The number of hydrogen-bond acceptors (Lipinski definition) is 5. The lowest BCUT2D eigenvalue weighted by molar-refractivity contribution is 0.289. The lowest BCUT2D eigenvalue weighted by Gasteiger charge is -2.25. The molecule has 1 aromatic heterocycles. The van der Waals surface area contributed by atoms with E-state index in [1.165, 1.54) is 12.8 Å². The summed E-state index contributed by atoms with van der Waals surface area (Å²) in [7, 11) is 0. The smallest absolute Gasteiger partial charge is 0.137 e. The van der Waals surface area contributed by atoms with E-state index < -0.39 is 0 Å². The molecule has 0 unspecified atom stereocenters. The van der Waals surface area contributed by atoms with Crippen molar-refractivity contribution in [2.45, 2.75) is 46.0 Å². The molecule has 2 rings (SSSR count). The van der Waals surface area contributed by atoms with Gasteiger partial charge in [-0.25, -0.2) is 9.97 Å². The molecular formula is C15H26N4O. The molecule has 1 aromatic rings. The summed E-state index contributed by atoms with van der Waals surface area (Å²) in [6.07, 6.45) is 3.18. The molecule has 5 heteroatoms. The first-order chi connectivity index (χ1) is 9.71. The molecule has 0 radical (unpaired) electrons. The van der Waals surface area contributed by atoms with Crippen LogP contribution in [0.2, 0.25) is 0 Å². The van der Waals surface area contributed by atoms with Crippen molar-refractivity contribution in [2.24, 2.45) is 0 Å². The fraction of sp³-hybridized carbons (Fsp3) is 0.733. The second-order valence-corrected chi connectivity index (χ2v) is 5.34. The van der Waals surface area contributed by atoms with E-state index in [4.69, 9.17) is 10.1 Å². The number of anilines is 2. The molecule has 0 spiro atoms. The monoisotopic (exact) mass is 278 g/mol. The third-order valence-corrected chi connectivity index (χ3v) is 3.69. The Labute approximate surface area is 121 Å². The molecule has 1 saturated carbocycles. The van der Waals surface area contributed by atoms with E-state index in [0.717, 1.165) is 49.1 Å². The Morgan fingerprint density at radius 1 is 1.30 bits per heavy atom. The van der Waals surface area contributed by atoms with Crippen LogP contribution in [0.25, 0.3) is 0 Å². The summed E-state index contributed by atoms with van der Waals surface area (Å²) in [5, 5.41) is 12.4. The fourth-order valence-electron chi connectivity index (χ4n) is 2.37. The van der Waals surface area contributed by atoms with Gasteiger partial charge in [0.25, 0.3) is 0 Å². The van der Waals surface area contributed by atoms with E-state index in [1.54, 1.807) is 0 Å². The van der Waals surface area contributed by atoms with Crippen LogP contribution < -0.4 is 10.2 Å². The largest absolute Gasteiger partial charge is 0.396 e. The van der Waals surface area contributed by atoms with Crippen molar-refractivity contribution in [3.63, 3.8) is 0 Å². The molecule has 20 heavy (non-hydrogen) atoms. The summed E-state index contributed by atoms with van der Waals surface area (Å²) in [6, 6.07) is 0. The number of aliphatic hydroxyl groups is 1. The predicted octanol–water partition coefficient (Wildman–Crippen LogP) is 2.30. The molecule has 1 aliphatic carbocycles. The number of nitrogens with one attached hydrogen (secondary N) is 1. The number of rotatable bonds is 8. The summed E-state index contributed by atoms with van der Waals surface area (Å²) in [4.78, 5) is 11.7. The van der Waals surface area contributed by atoms with Gasteiger partial charge in [-0.2, -0.15) is 0 Å². The molecule has 5 nitrogen and oxygen atoms in total. The van der Waals surface area contributed by atoms with E-state index in [-0.39, 0.29) is 6.61 Å². The van der Waals surface area contributed by atoms with Gasteiger partial charge in [-0.15, -0.1) is 0 Å². The van der Waals surface area contributed by atoms with E-state index in [1.807, 2.05) is 0 Å².